The summed E-state index contributed by atoms with van der Waals surface area (Å²) in [5.74, 6) is -2.51. The van der Waals surface area contributed by atoms with Crippen LogP contribution in [0.25, 0.3) is 11.0 Å². The number of furan rings is 1. The number of nitriles is 1. The quantitative estimate of drug-likeness (QED) is 0.243. The minimum Gasteiger partial charge on any atom is -0.503 e. The van der Waals surface area contributed by atoms with Crippen molar-refractivity contribution in [3.8, 4) is 11.8 Å². The Morgan fingerprint density at radius 3 is 2.47 bits per heavy atom. The van der Waals surface area contributed by atoms with Gasteiger partial charge in [0.15, 0.2) is 11.5 Å². The molecule has 0 spiro atoms. The summed E-state index contributed by atoms with van der Waals surface area (Å²) < 4.78 is 10.9. The fourth-order valence-electron chi connectivity index (χ4n) is 4.26. The van der Waals surface area contributed by atoms with Crippen molar-refractivity contribution in [3.05, 3.63) is 107 Å². The normalized spacial score (nSPS) is 15.3. The zero-order valence-corrected chi connectivity index (χ0v) is 19.0. The number of nitrogens with zero attached hydrogens (tertiary/aromatic N) is 2. The minimum atomic E-state index is -1.05. The Labute approximate surface area is 205 Å². The Kier molecular flexibility index (Phi) is 5.59. The minimum absolute atomic E-state index is 0.0339. The van der Waals surface area contributed by atoms with Crippen LogP contribution in [0.15, 0.2) is 94.6 Å². The molecular weight excluding hydrogens is 460 g/mol. The average Bonchev–Trinajstić information content (AvgIpc) is 3.43. The maximum atomic E-state index is 13.7. The lowest BCUT2D eigenvalue weighted by molar-refractivity contribution is -0.131. The first kappa shape index (κ1) is 22.6. The largest absolute Gasteiger partial charge is 0.503 e. The van der Waals surface area contributed by atoms with Gasteiger partial charge in [0.05, 0.1) is 23.2 Å². The topological polar surface area (TPSA) is 121 Å². The van der Waals surface area contributed by atoms with Crippen LogP contribution in [0.3, 0.4) is 0 Å². The van der Waals surface area contributed by atoms with Gasteiger partial charge in [-0.3, -0.25) is 19.3 Å². The lowest BCUT2D eigenvalue weighted by Crippen LogP contribution is -2.31. The highest BCUT2D eigenvalue weighted by molar-refractivity contribution is 6.20. The van der Waals surface area contributed by atoms with Crippen LogP contribution in [0.4, 0.5) is 5.69 Å². The molecule has 0 radical (unpaired) electrons. The van der Waals surface area contributed by atoms with Crippen molar-refractivity contribution in [3.63, 3.8) is 0 Å². The van der Waals surface area contributed by atoms with Crippen LogP contribution in [0, 0.1) is 11.3 Å². The van der Waals surface area contributed by atoms with Crippen molar-refractivity contribution < 1.29 is 28.6 Å². The van der Waals surface area contributed by atoms with E-state index in [0.29, 0.717) is 27.8 Å². The van der Waals surface area contributed by atoms with E-state index in [0.717, 1.165) is 0 Å². The molecule has 1 aliphatic rings. The van der Waals surface area contributed by atoms with E-state index in [9.17, 15) is 19.5 Å². The molecule has 176 valence electrons. The number of ketones is 1. The van der Waals surface area contributed by atoms with E-state index < -0.39 is 29.5 Å². The van der Waals surface area contributed by atoms with Crippen LogP contribution in [0.1, 0.15) is 34.6 Å². The summed E-state index contributed by atoms with van der Waals surface area (Å²) in [5, 5.41) is 20.8. The van der Waals surface area contributed by atoms with Crippen molar-refractivity contribution in [2.75, 3.05) is 4.90 Å². The van der Waals surface area contributed by atoms with Gasteiger partial charge in [-0.1, -0.05) is 30.3 Å². The van der Waals surface area contributed by atoms with E-state index in [4.69, 9.17) is 14.4 Å². The zero-order chi connectivity index (χ0) is 25.4. The van der Waals surface area contributed by atoms with Crippen LogP contribution in [0.5, 0.6) is 5.75 Å². The van der Waals surface area contributed by atoms with Gasteiger partial charge in [-0.05, 0) is 54.1 Å². The van der Waals surface area contributed by atoms with Gasteiger partial charge in [0.2, 0.25) is 5.78 Å². The van der Waals surface area contributed by atoms with Gasteiger partial charge in [-0.15, -0.1) is 0 Å². The molecule has 1 amide bonds. The van der Waals surface area contributed by atoms with Crippen LogP contribution in [-0.2, 0) is 9.59 Å². The van der Waals surface area contributed by atoms with Crippen molar-refractivity contribution in [2.24, 2.45) is 0 Å². The van der Waals surface area contributed by atoms with Gasteiger partial charge in [0.25, 0.3) is 5.91 Å². The molecule has 0 bridgehead atoms. The summed E-state index contributed by atoms with van der Waals surface area (Å²) in [6.07, 6.45) is 0. The second-order valence-corrected chi connectivity index (χ2v) is 8.14. The Bertz CT molecular complexity index is 1570. The number of ether oxygens (including phenoxy) is 1. The lowest BCUT2D eigenvalue weighted by Gasteiger charge is -2.27. The van der Waals surface area contributed by atoms with Gasteiger partial charge in [0.1, 0.15) is 11.3 Å². The van der Waals surface area contributed by atoms with E-state index in [-0.39, 0.29) is 17.1 Å². The summed E-state index contributed by atoms with van der Waals surface area (Å²) in [6, 6.07) is 22.1. The third-order valence-corrected chi connectivity index (χ3v) is 5.81. The lowest BCUT2D eigenvalue weighted by atomic mass is 9.94. The fourth-order valence-corrected chi connectivity index (χ4v) is 4.26. The maximum Gasteiger partial charge on any atom is 0.308 e. The molecule has 3 aromatic carbocycles. The van der Waals surface area contributed by atoms with Crippen LogP contribution < -0.4 is 9.64 Å². The van der Waals surface area contributed by atoms with Crippen molar-refractivity contribution >= 4 is 34.3 Å². The summed E-state index contributed by atoms with van der Waals surface area (Å²) in [5.41, 5.74) is 1.48. The Morgan fingerprint density at radius 1 is 1.03 bits per heavy atom. The predicted molar refractivity (Wildman–Crippen MR) is 129 cm³/mol. The number of hydrogen-bond donors (Lipinski definition) is 1. The van der Waals surface area contributed by atoms with E-state index in [1.807, 2.05) is 6.07 Å². The third kappa shape index (κ3) is 3.89. The molecule has 1 atom stereocenters. The molecule has 5 rings (SSSR count). The zero-order valence-electron chi connectivity index (χ0n) is 19.0. The second kappa shape index (κ2) is 8.89. The molecule has 1 unspecified atom stereocenters. The van der Waals surface area contributed by atoms with Crippen LogP contribution in [0.2, 0.25) is 0 Å². The van der Waals surface area contributed by atoms with Gasteiger partial charge >= 0.3 is 5.97 Å². The number of aliphatic hydroxyl groups is 1. The Balaban J connectivity index is 1.66. The molecule has 0 aliphatic carbocycles. The number of fused-ring (bicyclic) bond motifs is 1. The molecule has 0 saturated carbocycles. The number of benzene rings is 3. The van der Waals surface area contributed by atoms with Crippen molar-refractivity contribution in [2.45, 2.75) is 13.0 Å². The molecule has 36 heavy (non-hydrogen) atoms. The molecule has 1 aromatic heterocycles. The number of carbonyl (C=O) groups is 3. The average molecular weight is 478 g/mol. The van der Waals surface area contributed by atoms with Crippen molar-refractivity contribution in [1.29, 1.82) is 5.26 Å². The van der Waals surface area contributed by atoms with Crippen LogP contribution in [-0.4, -0.2) is 22.8 Å². The maximum absolute atomic E-state index is 13.7. The Hall–Kier alpha value is -5.16. The van der Waals surface area contributed by atoms with Gasteiger partial charge in [0, 0.05) is 18.0 Å². The number of Topliss-reactive ketones (excluding diaryl/α,β-unsaturated/α-hetero) is 1. The standard InChI is InChI=1S/C28H18N2O6/c1-16(31)35-21-7-4-6-19(13-21)25-24(26(32)23-14-18-5-2-3-8-22(18)36-23)27(33)28(34)30(25)20-11-9-17(15-29)10-12-20/h2-14,25,33H,1H3. The van der Waals surface area contributed by atoms with E-state index >= 15 is 0 Å². The molecular formula is C28H18N2O6. The molecule has 0 saturated heterocycles. The third-order valence-electron chi connectivity index (χ3n) is 5.81. The number of rotatable bonds is 5. The first-order valence-corrected chi connectivity index (χ1v) is 11.0. The van der Waals surface area contributed by atoms with E-state index in [1.54, 1.807) is 60.7 Å². The first-order valence-electron chi connectivity index (χ1n) is 11.0. The highest BCUT2D eigenvalue weighted by atomic mass is 16.5. The molecule has 1 N–H and O–H groups in total. The number of hydrogen-bond acceptors (Lipinski definition) is 7. The number of anilines is 1. The number of para-hydroxylation sites is 1. The predicted octanol–water partition coefficient (Wildman–Crippen LogP) is 5.01. The summed E-state index contributed by atoms with van der Waals surface area (Å²) >= 11 is 0. The highest BCUT2D eigenvalue weighted by Crippen LogP contribution is 2.43. The van der Waals surface area contributed by atoms with E-state index in [1.165, 1.54) is 30.0 Å². The monoisotopic (exact) mass is 478 g/mol. The van der Waals surface area contributed by atoms with E-state index in [2.05, 4.69) is 0 Å². The number of esters is 1. The number of carbonyl (C=O) groups excluding carboxylic acids is 3. The molecule has 8 heteroatoms. The van der Waals surface area contributed by atoms with Gasteiger partial charge in [-0.25, -0.2) is 0 Å². The smallest absolute Gasteiger partial charge is 0.308 e. The molecule has 8 nitrogen and oxygen atoms in total. The molecule has 0 fully saturated rings. The fraction of sp³-hybridized carbons (Fsp3) is 0.0714. The Morgan fingerprint density at radius 2 is 1.78 bits per heavy atom. The summed E-state index contributed by atoms with van der Waals surface area (Å²) in [6.45, 7) is 1.26. The second-order valence-electron chi connectivity index (χ2n) is 8.14. The van der Waals surface area contributed by atoms with Gasteiger partial charge in [-0.2, -0.15) is 5.26 Å². The molecule has 1 aliphatic heterocycles. The molecule has 4 aromatic rings. The summed E-state index contributed by atoms with van der Waals surface area (Å²) in [4.78, 5) is 39.8. The SMILES string of the molecule is CC(=O)Oc1cccc(C2C(C(=O)c3cc4ccccc4o3)=C(O)C(=O)N2c2ccc(C#N)cc2)c1. The molecule has 2 heterocycles. The number of amides is 1. The highest BCUT2D eigenvalue weighted by Gasteiger charge is 2.45. The van der Waals surface area contributed by atoms with Gasteiger partial charge < -0.3 is 14.3 Å². The van der Waals surface area contributed by atoms with Crippen LogP contribution >= 0.6 is 0 Å². The van der Waals surface area contributed by atoms with Crippen molar-refractivity contribution in [1.82, 2.24) is 0 Å². The summed E-state index contributed by atoms with van der Waals surface area (Å²) in [7, 11) is 0. The number of aliphatic hydroxyl groups excluding tert-OH is 1. The first-order chi connectivity index (χ1) is 17.4.